The molecule has 47 heavy (non-hydrogen) atoms. The molecule has 0 unspecified atom stereocenters. The van der Waals surface area contributed by atoms with Gasteiger partial charge in [-0.05, 0) is 48.9 Å². The molecule has 0 aliphatic carbocycles. The van der Waals surface area contributed by atoms with Gasteiger partial charge in [0, 0.05) is 31.6 Å². The predicted octanol–water partition coefficient (Wildman–Crippen LogP) is 5.79. The van der Waals surface area contributed by atoms with E-state index in [4.69, 9.17) is 51.9 Å². The first-order valence-electron chi connectivity index (χ1n) is 15.7. The molecule has 0 radical (unpaired) electrons. The molecule has 4 atom stereocenters. The van der Waals surface area contributed by atoms with E-state index in [-0.39, 0.29) is 23.8 Å². The molecule has 246 valence electrons. The van der Waals surface area contributed by atoms with E-state index in [0.29, 0.717) is 65.5 Å². The van der Waals surface area contributed by atoms with Crippen LogP contribution < -0.4 is 14.4 Å². The Hall–Kier alpha value is -3.61. The van der Waals surface area contributed by atoms with Gasteiger partial charge in [0.2, 0.25) is 0 Å². The second-order valence-corrected chi connectivity index (χ2v) is 13.3. The highest BCUT2D eigenvalue weighted by Gasteiger charge is 2.46. The molecule has 5 heterocycles. The van der Waals surface area contributed by atoms with Crippen molar-refractivity contribution in [1.29, 1.82) is 0 Å². The van der Waals surface area contributed by atoms with Gasteiger partial charge in [0.1, 0.15) is 17.2 Å². The summed E-state index contributed by atoms with van der Waals surface area (Å²) in [5, 5.41) is 0.701. The molecule has 8 rings (SSSR count). The molecule has 0 N–H and O–H groups in total. The number of hydrogen-bond acceptors (Lipinski definition) is 9. The monoisotopic (exact) mass is 682 g/mol. The lowest BCUT2D eigenvalue weighted by Crippen LogP contribution is -2.59. The van der Waals surface area contributed by atoms with Crippen LogP contribution in [0.2, 0.25) is 10.0 Å². The molecule has 3 aromatic carbocycles. The van der Waals surface area contributed by atoms with Crippen molar-refractivity contribution < 1.29 is 32.9 Å². The van der Waals surface area contributed by atoms with Crippen LogP contribution in [0.25, 0.3) is 11.0 Å². The van der Waals surface area contributed by atoms with Crippen LogP contribution >= 0.6 is 23.2 Å². The molecular weight excluding hydrogens is 650 g/mol. The fraction of sp³-hybridized carbons (Fsp3) is 0.412. The zero-order chi connectivity index (χ0) is 32.4. The molecule has 4 aliphatic rings. The molecule has 13 heteroatoms. The predicted molar refractivity (Wildman–Crippen MR) is 173 cm³/mol. The van der Waals surface area contributed by atoms with Gasteiger partial charge in [-0.1, -0.05) is 29.3 Å². The lowest BCUT2D eigenvalue weighted by Gasteiger charge is -2.44. The number of esters is 1. The van der Waals surface area contributed by atoms with Crippen molar-refractivity contribution in [2.75, 3.05) is 44.9 Å². The fourth-order valence-electron chi connectivity index (χ4n) is 7.15. The number of carbonyl (C=O) groups excluding carboxylic acids is 1. The number of methoxy groups -OCH3 is 1. The molecular formula is C34H33Cl2FN4O6. The van der Waals surface area contributed by atoms with Gasteiger partial charge >= 0.3 is 5.97 Å². The normalized spacial score (nSPS) is 25.2. The molecule has 0 saturated carbocycles. The van der Waals surface area contributed by atoms with E-state index < -0.39 is 17.6 Å². The molecule has 0 bridgehead atoms. The lowest BCUT2D eigenvalue weighted by atomic mass is 10.0. The van der Waals surface area contributed by atoms with Crippen LogP contribution in [0.3, 0.4) is 0 Å². The number of nitrogens with zero attached hydrogens (tertiary/aromatic N) is 4. The van der Waals surface area contributed by atoms with Gasteiger partial charge in [-0.15, -0.1) is 0 Å². The number of halogens is 3. The van der Waals surface area contributed by atoms with Crippen molar-refractivity contribution in [3.05, 3.63) is 81.3 Å². The summed E-state index contributed by atoms with van der Waals surface area (Å²) in [5.74, 6) is -0.333. The van der Waals surface area contributed by atoms with E-state index in [9.17, 15) is 9.18 Å². The number of aromatic nitrogens is 2. The standard InChI is InChI=1S/C34H33Cl2FN4O6/c1-34(22-7-6-20(35)14-24(22)37)46-29-5-3-4-25(32(29)47-34)40-10-9-39(27-17-44-18-28(27)40)16-30-38-31-23(36)12-19(33(42)43-2)13-26(31)41(30)15-21-8-11-45-21/h3-7,12-14,21,27-28H,8-11,15-18H2,1-2H3/t21-,27+,28-,34+/m0/s1. The molecule has 10 nitrogen and oxygen atoms in total. The number of anilines is 1. The van der Waals surface area contributed by atoms with Crippen LogP contribution in [-0.2, 0) is 33.1 Å². The van der Waals surface area contributed by atoms with Crippen LogP contribution in [0.5, 0.6) is 11.5 Å². The van der Waals surface area contributed by atoms with Gasteiger partial charge in [-0.2, -0.15) is 0 Å². The highest BCUT2D eigenvalue weighted by Crippen LogP contribution is 2.51. The molecule has 0 spiro atoms. The second kappa shape index (κ2) is 11.8. The topological polar surface area (TPSA) is 87.5 Å². The summed E-state index contributed by atoms with van der Waals surface area (Å²) in [7, 11) is 1.35. The lowest BCUT2D eigenvalue weighted by molar-refractivity contribution is -0.0705. The van der Waals surface area contributed by atoms with E-state index in [1.807, 2.05) is 18.2 Å². The van der Waals surface area contributed by atoms with Crippen molar-refractivity contribution in [3.8, 4) is 11.5 Å². The third-order valence-corrected chi connectivity index (χ3v) is 10.2. The molecule has 0 amide bonds. The molecule has 3 saturated heterocycles. The minimum atomic E-state index is -1.35. The van der Waals surface area contributed by atoms with Crippen LogP contribution in [0.15, 0.2) is 48.5 Å². The van der Waals surface area contributed by atoms with Crippen molar-refractivity contribution in [2.24, 2.45) is 0 Å². The van der Waals surface area contributed by atoms with E-state index >= 15 is 0 Å². The van der Waals surface area contributed by atoms with Gasteiger partial charge in [0.05, 0.1) is 79.0 Å². The number of para-hydroxylation sites is 1. The van der Waals surface area contributed by atoms with Crippen molar-refractivity contribution in [3.63, 3.8) is 0 Å². The Morgan fingerprint density at radius 2 is 1.94 bits per heavy atom. The Morgan fingerprint density at radius 1 is 1.11 bits per heavy atom. The van der Waals surface area contributed by atoms with Crippen molar-refractivity contribution >= 4 is 45.9 Å². The minimum Gasteiger partial charge on any atom is -0.465 e. The zero-order valence-corrected chi connectivity index (χ0v) is 27.4. The average Bonchev–Trinajstić information content (AvgIpc) is 3.74. The Bertz CT molecular complexity index is 1890. The van der Waals surface area contributed by atoms with Crippen LogP contribution in [-0.4, -0.2) is 78.6 Å². The first kappa shape index (κ1) is 30.7. The summed E-state index contributed by atoms with van der Waals surface area (Å²) >= 11 is 12.7. The number of piperazine rings is 1. The average molecular weight is 684 g/mol. The highest BCUT2D eigenvalue weighted by molar-refractivity contribution is 6.35. The summed E-state index contributed by atoms with van der Waals surface area (Å²) in [6.07, 6.45) is 1.03. The van der Waals surface area contributed by atoms with E-state index in [0.717, 1.165) is 36.6 Å². The summed E-state index contributed by atoms with van der Waals surface area (Å²) in [6, 6.07) is 13.7. The van der Waals surface area contributed by atoms with Crippen LogP contribution in [0.1, 0.15) is 35.1 Å². The number of ether oxygens (including phenoxy) is 5. The van der Waals surface area contributed by atoms with E-state index in [1.165, 1.54) is 13.2 Å². The number of imidazole rings is 1. The Kier molecular flexibility index (Phi) is 7.72. The summed E-state index contributed by atoms with van der Waals surface area (Å²) in [5.41, 5.74) is 2.94. The molecule has 3 fully saturated rings. The van der Waals surface area contributed by atoms with Crippen molar-refractivity contribution in [1.82, 2.24) is 14.5 Å². The third-order valence-electron chi connectivity index (χ3n) is 9.64. The van der Waals surface area contributed by atoms with Crippen LogP contribution in [0.4, 0.5) is 10.1 Å². The Labute approximate surface area is 280 Å². The second-order valence-electron chi connectivity index (χ2n) is 12.5. The smallest absolute Gasteiger partial charge is 0.337 e. The number of hydrogen-bond donors (Lipinski definition) is 0. The zero-order valence-electron chi connectivity index (χ0n) is 25.9. The Morgan fingerprint density at radius 3 is 2.70 bits per heavy atom. The molecule has 1 aromatic heterocycles. The summed E-state index contributed by atoms with van der Waals surface area (Å²) < 4.78 is 46.6. The number of benzene rings is 3. The van der Waals surface area contributed by atoms with Gasteiger partial charge in [0.25, 0.3) is 5.79 Å². The summed E-state index contributed by atoms with van der Waals surface area (Å²) in [6.45, 7) is 6.12. The van der Waals surface area contributed by atoms with Gasteiger partial charge in [0.15, 0.2) is 11.5 Å². The maximum Gasteiger partial charge on any atom is 0.337 e. The minimum absolute atomic E-state index is 0.0280. The SMILES string of the molecule is COC(=O)c1cc(Cl)c2nc(CN3CCN(c4cccc5c4O[C@](C)(c4ccc(Cl)cc4F)O5)[C@H]4COC[C@H]43)n(C[C@@H]3CCO3)c2c1. The first-order valence-corrected chi connectivity index (χ1v) is 16.4. The fourth-order valence-corrected chi connectivity index (χ4v) is 7.57. The third kappa shape index (κ3) is 5.28. The quantitative estimate of drug-likeness (QED) is 0.225. The van der Waals surface area contributed by atoms with Gasteiger partial charge in [-0.3, -0.25) is 4.90 Å². The van der Waals surface area contributed by atoms with Gasteiger partial charge < -0.3 is 33.2 Å². The number of rotatable bonds is 7. The van der Waals surface area contributed by atoms with E-state index in [1.54, 1.807) is 31.2 Å². The first-order chi connectivity index (χ1) is 22.7. The largest absolute Gasteiger partial charge is 0.465 e. The maximum absolute atomic E-state index is 15.0. The molecule has 4 aromatic rings. The number of carbonyl (C=O) groups is 1. The summed E-state index contributed by atoms with van der Waals surface area (Å²) in [4.78, 5) is 22.1. The molecule has 4 aliphatic heterocycles. The van der Waals surface area contributed by atoms with Gasteiger partial charge in [-0.25, -0.2) is 14.2 Å². The van der Waals surface area contributed by atoms with Crippen LogP contribution in [0, 0.1) is 5.82 Å². The Balaban J connectivity index is 1.08. The number of fused-ring (bicyclic) bond motifs is 3. The maximum atomic E-state index is 15.0. The van der Waals surface area contributed by atoms with Crippen molar-refractivity contribution in [2.45, 2.75) is 50.4 Å². The van der Waals surface area contributed by atoms with E-state index in [2.05, 4.69) is 14.4 Å². The highest BCUT2D eigenvalue weighted by atomic mass is 35.5.